The van der Waals surface area contributed by atoms with Crippen LogP contribution in [-0.4, -0.2) is 9.97 Å². The second-order valence-electron chi connectivity index (χ2n) is 3.81. The predicted octanol–water partition coefficient (Wildman–Crippen LogP) is 2.60. The molecule has 0 radical (unpaired) electrons. The van der Waals surface area contributed by atoms with Gasteiger partial charge in [-0.25, -0.2) is 9.97 Å². The van der Waals surface area contributed by atoms with Crippen molar-refractivity contribution in [3.05, 3.63) is 33.8 Å². The molecule has 2 aromatic rings. The Labute approximate surface area is 105 Å². The summed E-state index contributed by atoms with van der Waals surface area (Å²) in [7, 11) is 0. The van der Waals surface area contributed by atoms with Gasteiger partial charge in [-0.05, 0) is 25.5 Å². The molecule has 0 saturated heterocycles. The van der Waals surface area contributed by atoms with Gasteiger partial charge in [0.2, 0.25) is 0 Å². The van der Waals surface area contributed by atoms with Crippen LogP contribution in [0.2, 0.25) is 0 Å². The summed E-state index contributed by atoms with van der Waals surface area (Å²) < 4.78 is 0. The van der Waals surface area contributed by atoms with Gasteiger partial charge in [-0.15, -0.1) is 11.3 Å². The largest absolute Gasteiger partial charge is 0.383 e. The summed E-state index contributed by atoms with van der Waals surface area (Å²) in [6.07, 6.45) is 2.33. The predicted molar refractivity (Wildman–Crippen MR) is 72.2 cm³/mol. The zero-order valence-corrected chi connectivity index (χ0v) is 10.8. The van der Waals surface area contributed by atoms with Crippen LogP contribution >= 0.6 is 11.3 Å². The Kier molecular flexibility index (Phi) is 3.58. The van der Waals surface area contributed by atoms with E-state index in [0.717, 1.165) is 24.3 Å². The molecule has 0 aliphatic rings. The number of aromatic nitrogens is 2. The minimum Gasteiger partial charge on any atom is -0.383 e. The van der Waals surface area contributed by atoms with E-state index in [0.29, 0.717) is 5.82 Å². The normalized spacial score (nSPS) is 10.5. The molecule has 0 bridgehead atoms. The molecule has 0 atom stereocenters. The maximum Gasteiger partial charge on any atom is 0.134 e. The zero-order chi connectivity index (χ0) is 12.3. The third-order valence-electron chi connectivity index (χ3n) is 2.56. The Bertz CT molecular complexity index is 507. The van der Waals surface area contributed by atoms with E-state index in [-0.39, 0.29) is 0 Å². The summed E-state index contributed by atoms with van der Waals surface area (Å²) in [5.74, 6) is 1.40. The SMILES string of the molecule is CCc1c(N)ncnc1NCc1ccc(C)s1. The van der Waals surface area contributed by atoms with E-state index in [1.54, 1.807) is 11.3 Å². The van der Waals surface area contributed by atoms with Gasteiger partial charge in [-0.1, -0.05) is 6.92 Å². The quantitative estimate of drug-likeness (QED) is 0.873. The van der Waals surface area contributed by atoms with Gasteiger partial charge in [0.15, 0.2) is 0 Å². The van der Waals surface area contributed by atoms with Crippen molar-refractivity contribution in [3.63, 3.8) is 0 Å². The average Bonchev–Trinajstić information content (AvgIpc) is 2.72. The molecule has 3 N–H and O–H groups in total. The number of nitrogen functional groups attached to an aromatic ring is 1. The molecule has 5 heteroatoms. The van der Waals surface area contributed by atoms with Crippen LogP contribution in [0.3, 0.4) is 0 Å². The second kappa shape index (κ2) is 5.14. The van der Waals surface area contributed by atoms with E-state index in [1.807, 2.05) is 0 Å². The Hall–Kier alpha value is -1.62. The van der Waals surface area contributed by atoms with E-state index in [1.165, 1.54) is 16.1 Å². The van der Waals surface area contributed by atoms with E-state index >= 15 is 0 Å². The molecular weight excluding hydrogens is 232 g/mol. The monoisotopic (exact) mass is 248 g/mol. The van der Waals surface area contributed by atoms with Crippen molar-refractivity contribution in [2.24, 2.45) is 0 Å². The Morgan fingerprint density at radius 2 is 2.18 bits per heavy atom. The summed E-state index contributed by atoms with van der Waals surface area (Å²) in [5.41, 5.74) is 6.80. The number of nitrogens with two attached hydrogens (primary N) is 1. The minimum absolute atomic E-state index is 0.562. The fraction of sp³-hybridized carbons (Fsp3) is 0.333. The summed E-state index contributed by atoms with van der Waals surface area (Å²) in [5, 5.41) is 3.31. The lowest BCUT2D eigenvalue weighted by Gasteiger charge is -2.09. The van der Waals surface area contributed by atoms with Gasteiger partial charge in [0.05, 0.1) is 6.54 Å². The van der Waals surface area contributed by atoms with Gasteiger partial charge in [0, 0.05) is 15.3 Å². The Balaban J connectivity index is 2.11. The first-order chi connectivity index (χ1) is 8.20. The first-order valence-corrected chi connectivity index (χ1v) is 6.41. The molecule has 0 aromatic carbocycles. The third-order valence-corrected chi connectivity index (χ3v) is 3.56. The fourth-order valence-electron chi connectivity index (χ4n) is 1.68. The number of rotatable bonds is 4. The molecule has 0 amide bonds. The van der Waals surface area contributed by atoms with Crippen molar-refractivity contribution in [1.82, 2.24) is 9.97 Å². The van der Waals surface area contributed by atoms with E-state index < -0.39 is 0 Å². The summed E-state index contributed by atoms with van der Waals surface area (Å²) in [6.45, 7) is 4.94. The third kappa shape index (κ3) is 2.74. The first kappa shape index (κ1) is 11.9. The maximum absolute atomic E-state index is 5.82. The smallest absolute Gasteiger partial charge is 0.134 e. The molecule has 2 aromatic heterocycles. The standard InChI is InChI=1S/C12H16N4S/c1-3-10-11(13)15-7-16-12(10)14-6-9-5-4-8(2)17-9/h4-5,7H,3,6H2,1-2H3,(H3,13,14,15,16). The maximum atomic E-state index is 5.82. The molecule has 0 unspecified atom stereocenters. The molecule has 4 nitrogen and oxygen atoms in total. The fourth-order valence-corrected chi connectivity index (χ4v) is 2.51. The highest BCUT2D eigenvalue weighted by molar-refractivity contribution is 7.11. The molecule has 0 aliphatic carbocycles. The van der Waals surface area contributed by atoms with Crippen molar-refractivity contribution >= 4 is 23.0 Å². The minimum atomic E-state index is 0.562. The van der Waals surface area contributed by atoms with Crippen LogP contribution in [0.15, 0.2) is 18.5 Å². The van der Waals surface area contributed by atoms with Gasteiger partial charge in [0.25, 0.3) is 0 Å². The van der Waals surface area contributed by atoms with Crippen molar-refractivity contribution in [2.45, 2.75) is 26.8 Å². The van der Waals surface area contributed by atoms with Gasteiger partial charge >= 0.3 is 0 Å². The number of thiophene rings is 1. The Morgan fingerprint density at radius 1 is 1.35 bits per heavy atom. The van der Waals surface area contributed by atoms with Crippen molar-refractivity contribution in [2.75, 3.05) is 11.1 Å². The van der Waals surface area contributed by atoms with E-state index in [4.69, 9.17) is 5.73 Å². The summed E-state index contributed by atoms with van der Waals surface area (Å²) in [4.78, 5) is 10.8. The molecule has 2 heterocycles. The number of anilines is 2. The molecular formula is C12H16N4S. The lowest BCUT2D eigenvalue weighted by Crippen LogP contribution is -2.07. The van der Waals surface area contributed by atoms with Crippen LogP contribution in [0.1, 0.15) is 22.2 Å². The Morgan fingerprint density at radius 3 is 2.82 bits per heavy atom. The van der Waals surface area contributed by atoms with Crippen LogP contribution in [-0.2, 0) is 13.0 Å². The molecule has 2 rings (SSSR count). The number of hydrogen-bond donors (Lipinski definition) is 2. The lowest BCUT2D eigenvalue weighted by atomic mass is 10.2. The van der Waals surface area contributed by atoms with Crippen LogP contribution in [0.5, 0.6) is 0 Å². The van der Waals surface area contributed by atoms with E-state index in [2.05, 4.69) is 41.3 Å². The van der Waals surface area contributed by atoms with Crippen LogP contribution < -0.4 is 11.1 Å². The highest BCUT2D eigenvalue weighted by Crippen LogP contribution is 2.20. The molecule has 0 fully saturated rings. The zero-order valence-electron chi connectivity index (χ0n) is 10.0. The summed E-state index contributed by atoms with van der Waals surface area (Å²) in [6, 6.07) is 4.25. The van der Waals surface area contributed by atoms with Crippen LogP contribution in [0, 0.1) is 6.92 Å². The van der Waals surface area contributed by atoms with Gasteiger partial charge in [0.1, 0.15) is 18.0 Å². The highest BCUT2D eigenvalue weighted by Gasteiger charge is 2.07. The molecule has 17 heavy (non-hydrogen) atoms. The summed E-state index contributed by atoms with van der Waals surface area (Å²) >= 11 is 1.79. The number of hydrogen-bond acceptors (Lipinski definition) is 5. The van der Waals surface area contributed by atoms with Gasteiger partial charge < -0.3 is 11.1 Å². The average molecular weight is 248 g/mol. The van der Waals surface area contributed by atoms with Crippen molar-refractivity contribution in [3.8, 4) is 0 Å². The van der Waals surface area contributed by atoms with Crippen LogP contribution in [0.25, 0.3) is 0 Å². The van der Waals surface area contributed by atoms with Gasteiger partial charge in [-0.2, -0.15) is 0 Å². The second-order valence-corrected chi connectivity index (χ2v) is 5.18. The van der Waals surface area contributed by atoms with Crippen molar-refractivity contribution < 1.29 is 0 Å². The number of nitrogens with zero attached hydrogens (tertiary/aromatic N) is 2. The van der Waals surface area contributed by atoms with Gasteiger partial charge in [-0.3, -0.25) is 0 Å². The molecule has 0 aliphatic heterocycles. The molecule has 0 spiro atoms. The topological polar surface area (TPSA) is 63.8 Å². The van der Waals surface area contributed by atoms with Crippen molar-refractivity contribution in [1.29, 1.82) is 0 Å². The molecule has 90 valence electrons. The van der Waals surface area contributed by atoms with E-state index in [9.17, 15) is 0 Å². The number of aryl methyl sites for hydroxylation is 1. The van der Waals surface area contributed by atoms with Crippen LogP contribution in [0.4, 0.5) is 11.6 Å². The first-order valence-electron chi connectivity index (χ1n) is 5.59. The lowest BCUT2D eigenvalue weighted by molar-refractivity contribution is 1.03. The number of nitrogens with one attached hydrogen (secondary N) is 1. The highest BCUT2D eigenvalue weighted by atomic mass is 32.1. The molecule has 0 saturated carbocycles.